The van der Waals surface area contributed by atoms with Crippen LogP contribution in [-0.2, 0) is 11.2 Å². The van der Waals surface area contributed by atoms with Gasteiger partial charge in [-0.25, -0.2) is 4.68 Å². The summed E-state index contributed by atoms with van der Waals surface area (Å²) in [5, 5.41) is 19.0. The molecule has 5 rings (SSSR count). The van der Waals surface area contributed by atoms with Crippen LogP contribution in [0.1, 0.15) is 41.6 Å². The van der Waals surface area contributed by atoms with Crippen molar-refractivity contribution in [1.82, 2.24) is 15.1 Å². The first kappa shape index (κ1) is 24.5. The number of aliphatic hydroxyl groups is 1. The van der Waals surface area contributed by atoms with Gasteiger partial charge in [-0.05, 0) is 71.1 Å². The highest BCUT2D eigenvalue weighted by Crippen LogP contribution is 2.43. The lowest BCUT2D eigenvalue weighted by Crippen LogP contribution is -2.36. The van der Waals surface area contributed by atoms with Crippen molar-refractivity contribution in [1.29, 1.82) is 0 Å². The van der Waals surface area contributed by atoms with Crippen molar-refractivity contribution >= 4 is 56.4 Å². The molecule has 1 aliphatic rings. The lowest BCUT2D eigenvalue weighted by atomic mass is 9.85. The molecular formula is C26H22BrCl2N3O2S. The van der Waals surface area contributed by atoms with Crippen LogP contribution in [0, 0.1) is 0 Å². The maximum absolute atomic E-state index is 13.5. The fourth-order valence-electron chi connectivity index (χ4n) is 4.58. The van der Waals surface area contributed by atoms with Crippen LogP contribution in [0.2, 0.25) is 10.0 Å². The van der Waals surface area contributed by atoms with Gasteiger partial charge in [-0.3, -0.25) is 4.79 Å². The zero-order chi connectivity index (χ0) is 24.5. The monoisotopic (exact) mass is 589 g/mol. The number of benzene rings is 2. The van der Waals surface area contributed by atoms with E-state index in [1.165, 1.54) is 0 Å². The number of nitrogens with zero attached hydrogens (tertiary/aromatic N) is 2. The Bertz CT molecular complexity index is 1370. The molecule has 1 aliphatic carbocycles. The molecular weight excluding hydrogens is 569 g/mol. The number of rotatable bonds is 6. The second kappa shape index (κ2) is 10.4. The third kappa shape index (κ3) is 4.93. The molecule has 0 saturated carbocycles. The summed E-state index contributed by atoms with van der Waals surface area (Å²) in [7, 11) is 0. The van der Waals surface area contributed by atoms with E-state index in [2.05, 4.69) is 21.2 Å². The largest absolute Gasteiger partial charge is 0.394 e. The molecule has 2 heterocycles. The predicted molar refractivity (Wildman–Crippen MR) is 145 cm³/mol. The molecule has 180 valence electrons. The lowest BCUT2D eigenvalue weighted by molar-refractivity contribution is -0.124. The molecule has 0 fully saturated rings. The Hall–Kier alpha value is -2.16. The fourth-order valence-corrected chi connectivity index (χ4v) is 6.52. The number of carbonyl (C=O) groups excluding carboxylic acids is 1. The van der Waals surface area contributed by atoms with Gasteiger partial charge in [0.05, 0.1) is 49.3 Å². The van der Waals surface area contributed by atoms with Crippen LogP contribution < -0.4 is 5.32 Å². The van der Waals surface area contributed by atoms with Crippen molar-refractivity contribution in [3.8, 4) is 16.3 Å². The molecule has 35 heavy (non-hydrogen) atoms. The summed E-state index contributed by atoms with van der Waals surface area (Å²) >= 11 is 17.9. The van der Waals surface area contributed by atoms with Gasteiger partial charge in [0.25, 0.3) is 0 Å². The maximum atomic E-state index is 13.5. The van der Waals surface area contributed by atoms with Crippen molar-refractivity contribution in [2.45, 2.75) is 31.2 Å². The summed E-state index contributed by atoms with van der Waals surface area (Å²) in [5.41, 5.74) is 4.32. The average Bonchev–Trinajstić information content (AvgIpc) is 3.45. The summed E-state index contributed by atoms with van der Waals surface area (Å²) in [6.07, 6.45) is 2.36. The molecule has 2 N–H and O–H groups in total. The number of fused-ring (bicyclic) bond motifs is 1. The fraction of sp³-hybridized carbons (Fsp3) is 0.231. The summed E-state index contributed by atoms with van der Waals surface area (Å²) in [4.78, 5) is 14.5. The van der Waals surface area contributed by atoms with Crippen LogP contribution >= 0.6 is 50.5 Å². The first-order valence-electron chi connectivity index (χ1n) is 11.3. The van der Waals surface area contributed by atoms with Crippen molar-refractivity contribution in [3.05, 3.63) is 91.3 Å². The molecule has 0 saturated heterocycles. The van der Waals surface area contributed by atoms with Crippen LogP contribution in [-0.4, -0.2) is 27.4 Å². The molecule has 0 aliphatic heterocycles. The number of nitrogens with one attached hydrogen (secondary N) is 1. The van der Waals surface area contributed by atoms with Crippen LogP contribution in [0.25, 0.3) is 16.3 Å². The zero-order valence-corrected chi connectivity index (χ0v) is 22.5. The van der Waals surface area contributed by atoms with E-state index in [0.29, 0.717) is 22.2 Å². The summed E-state index contributed by atoms with van der Waals surface area (Å²) in [5.74, 6) is -0.564. The lowest BCUT2D eigenvalue weighted by Gasteiger charge is -2.24. The summed E-state index contributed by atoms with van der Waals surface area (Å²) in [6, 6.07) is 18.4. The number of carbonyl (C=O) groups is 1. The van der Waals surface area contributed by atoms with Crippen LogP contribution in [0.15, 0.2) is 64.5 Å². The van der Waals surface area contributed by atoms with Crippen LogP contribution in [0.4, 0.5) is 0 Å². The van der Waals surface area contributed by atoms with Gasteiger partial charge < -0.3 is 10.4 Å². The van der Waals surface area contributed by atoms with Gasteiger partial charge >= 0.3 is 0 Å². The van der Waals surface area contributed by atoms with Crippen molar-refractivity contribution in [2.24, 2.45) is 0 Å². The van der Waals surface area contributed by atoms with Gasteiger partial charge in [-0.2, -0.15) is 5.10 Å². The molecule has 9 heteroatoms. The minimum Gasteiger partial charge on any atom is -0.394 e. The van der Waals surface area contributed by atoms with Crippen molar-refractivity contribution < 1.29 is 9.90 Å². The van der Waals surface area contributed by atoms with Crippen LogP contribution in [0.3, 0.4) is 0 Å². The van der Waals surface area contributed by atoms with Crippen molar-refractivity contribution in [2.75, 3.05) is 6.61 Å². The highest BCUT2D eigenvalue weighted by atomic mass is 79.9. The van der Waals surface area contributed by atoms with Gasteiger partial charge in [0, 0.05) is 10.6 Å². The minimum atomic E-state index is -0.477. The molecule has 2 atom stereocenters. The summed E-state index contributed by atoms with van der Waals surface area (Å²) < 4.78 is 2.85. The minimum absolute atomic E-state index is 0.139. The molecule has 5 nitrogen and oxygen atoms in total. The second-order valence-electron chi connectivity index (χ2n) is 8.42. The Labute approximate surface area is 225 Å². The first-order valence-corrected chi connectivity index (χ1v) is 13.6. The van der Waals surface area contributed by atoms with Gasteiger partial charge in [0.2, 0.25) is 5.91 Å². The SMILES string of the molecule is O=C(N[C@H](CO)c1ccccc1)[C@H]1CCCc2c1nn(-c1ccc(Cl)cc1Cl)c2-c1ccc(Br)s1. The smallest absolute Gasteiger partial charge is 0.229 e. The van der Waals surface area contributed by atoms with Gasteiger partial charge in [-0.1, -0.05) is 53.5 Å². The van der Waals surface area contributed by atoms with E-state index in [1.807, 2.05) is 53.2 Å². The standard InChI is InChI=1S/C26H22BrCl2N3O2S/c27-23-12-11-22(35-23)25-17-7-4-8-18(26(34)30-20(14-33)15-5-2-1-3-6-15)24(17)31-32(25)21-10-9-16(28)13-19(21)29/h1-3,5-6,9-13,18,20,33H,4,7-8,14H2,(H,30,34)/t18-,20+/m0/s1. The highest BCUT2D eigenvalue weighted by Gasteiger charge is 2.34. The number of halogens is 3. The number of aromatic nitrogens is 2. The second-order valence-corrected chi connectivity index (χ2v) is 11.7. The topological polar surface area (TPSA) is 67.2 Å². The number of thiophene rings is 1. The van der Waals surface area contributed by atoms with E-state index in [-0.39, 0.29) is 12.5 Å². The van der Waals surface area contributed by atoms with E-state index in [1.54, 1.807) is 23.5 Å². The molecule has 1 amide bonds. The Morgan fingerprint density at radius 2 is 2.00 bits per heavy atom. The highest BCUT2D eigenvalue weighted by molar-refractivity contribution is 9.11. The first-order chi connectivity index (χ1) is 17.0. The molecule has 4 aromatic rings. The third-order valence-electron chi connectivity index (χ3n) is 6.23. The van der Waals surface area contributed by atoms with Crippen LogP contribution in [0.5, 0.6) is 0 Å². The van der Waals surface area contributed by atoms with E-state index >= 15 is 0 Å². The Morgan fingerprint density at radius 1 is 1.20 bits per heavy atom. The normalized spacial score (nSPS) is 16.1. The zero-order valence-electron chi connectivity index (χ0n) is 18.5. The van der Waals surface area contributed by atoms with E-state index in [9.17, 15) is 9.90 Å². The number of hydrogen-bond acceptors (Lipinski definition) is 4. The molecule has 0 unspecified atom stereocenters. The molecule has 0 bridgehead atoms. The third-order valence-corrected chi connectivity index (χ3v) is 8.39. The Morgan fingerprint density at radius 3 is 2.69 bits per heavy atom. The molecule has 0 spiro atoms. The Kier molecular flexibility index (Phi) is 7.32. The average molecular weight is 591 g/mol. The number of aliphatic hydroxyl groups excluding tert-OH is 1. The quantitative estimate of drug-likeness (QED) is 0.256. The predicted octanol–water partition coefficient (Wildman–Crippen LogP) is 6.94. The van der Waals surface area contributed by atoms with Gasteiger partial charge in [-0.15, -0.1) is 11.3 Å². The molecule has 2 aromatic heterocycles. The van der Waals surface area contributed by atoms with E-state index in [0.717, 1.165) is 44.0 Å². The maximum Gasteiger partial charge on any atom is 0.229 e. The molecule has 0 radical (unpaired) electrons. The number of hydrogen-bond donors (Lipinski definition) is 2. The molecule has 2 aromatic carbocycles. The van der Waals surface area contributed by atoms with E-state index in [4.69, 9.17) is 28.3 Å². The van der Waals surface area contributed by atoms with Crippen molar-refractivity contribution in [3.63, 3.8) is 0 Å². The van der Waals surface area contributed by atoms with Gasteiger partial charge in [0.15, 0.2) is 0 Å². The Balaban J connectivity index is 1.57. The van der Waals surface area contributed by atoms with Gasteiger partial charge in [0.1, 0.15) is 0 Å². The number of amides is 1. The summed E-state index contributed by atoms with van der Waals surface area (Å²) in [6.45, 7) is -0.182. The van der Waals surface area contributed by atoms with E-state index < -0.39 is 12.0 Å².